The van der Waals surface area contributed by atoms with E-state index in [2.05, 4.69) is 5.32 Å². The number of benzene rings is 2. The lowest BCUT2D eigenvalue weighted by Gasteiger charge is -2.11. The lowest BCUT2D eigenvalue weighted by Crippen LogP contribution is -2.13. The van der Waals surface area contributed by atoms with Crippen molar-refractivity contribution in [2.24, 2.45) is 0 Å². The Kier molecular flexibility index (Phi) is 4.71. The molecule has 2 aromatic rings. The van der Waals surface area contributed by atoms with Gasteiger partial charge >= 0.3 is 0 Å². The largest absolute Gasteiger partial charge is 0.491 e. The maximum atomic E-state index is 12.8. The molecular weight excluding hydrogens is 257 g/mol. The fraction of sp³-hybridized carbons (Fsp3) is 0.188. The molecule has 0 heterocycles. The molecule has 0 spiro atoms. The van der Waals surface area contributed by atoms with E-state index in [0.29, 0.717) is 23.6 Å². The highest BCUT2D eigenvalue weighted by Gasteiger charge is 2.09. The molecule has 0 saturated heterocycles. The summed E-state index contributed by atoms with van der Waals surface area (Å²) in [4.78, 5) is 12.1. The molecule has 4 heteroatoms. The van der Waals surface area contributed by atoms with Crippen LogP contribution in [0.25, 0.3) is 0 Å². The van der Waals surface area contributed by atoms with E-state index < -0.39 is 0 Å². The smallest absolute Gasteiger partial charge is 0.255 e. The van der Waals surface area contributed by atoms with Gasteiger partial charge in [-0.25, -0.2) is 4.39 Å². The molecule has 20 heavy (non-hydrogen) atoms. The Bertz CT molecular complexity index is 581. The topological polar surface area (TPSA) is 38.3 Å². The summed E-state index contributed by atoms with van der Waals surface area (Å²) < 4.78 is 18.4. The Morgan fingerprint density at radius 2 is 1.85 bits per heavy atom. The fourth-order valence-electron chi connectivity index (χ4n) is 1.70. The monoisotopic (exact) mass is 273 g/mol. The summed E-state index contributed by atoms with van der Waals surface area (Å²) in [7, 11) is 0. The first-order chi connectivity index (χ1) is 9.70. The SMILES string of the molecule is CCCOc1ccccc1NC(=O)c1ccc(F)cc1. The van der Waals surface area contributed by atoms with Gasteiger partial charge in [0.25, 0.3) is 5.91 Å². The van der Waals surface area contributed by atoms with E-state index in [9.17, 15) is 9.18 Å². The van der Waals surface area contributed by atoms with Crippen molar-refractivity contribution in [1.29, 1.82) is 0 Å². The Hall–Kier alpha value is -2.36. The van der Waals surface area contributed by atoms with Gasteiger partial charge in [-0.05, 0) is 42.8 Å². The van der Waals surface area contributed by atoms with Crippen molar-refractivity contribution in [3.05, 3.63) is 59.9 Å². The maximum absolute atomic E-state index is 12.8. The second kappa shape index (κ2) is 6.70. The van der Waals surface area contributed by atoms with Crippen molar-refractivity contribution < 1.29 is 13.9 Å². The molecule has 0 atom stereocenters. The molecule has 0 fully saturated rings. The second-order valence-electron chi connectivity index (χ2n) is 4.31. The molecule has 0 saturated carbocycles. The van der Waals surface area contributed by atoms with Crippen LogP contribution in [0.15, 0.2) is 48.5 Å². The summed E-state index contributed by atoms with van der Waals surface area (Å²) in [6.07, 6.45) is 0.889. The quantitative estimate of drug-likeness (QED) is 0.898. The number of hydrogen-bond acceptors (Lipinski definition) is 2. The minimum Gasteiger partial charge on any atom is -0.491 e. The molecular formula is C16H16FNO2. The summed E-state index contributed by atoms with van der Waals surface area (Å²) in [5.41, 5.74) is 1.01. The molecule has 2 aromatic carbocycles. The molecule has 3 nitrogen and oxygen atoms in total. The zero-order valence-electron chi connectivity index (χ0n) is 11.2. The zero-order chi connectivity index (χ0) is 14.4. The molecule has 0 aromatic heterocycles. The lowest BCUT2D eigenvalue weighted by atomic mass is 10.2. The average Bonchev–Trinajstić information content (AvgIpc) is 2.47. The molecule has 0 radical (unpaired) electrons. The van der Waals surface area contributed by atoms with Crippen molar-refractivity contribution in [3.8, 4) is 5.75 Å². The summed E-state index contributed by atoms with van der Waals surface area (Å²) in [6, 6.07) is 12.6. The van der Waals surface area contributed by atoms with Gasteiger partial charge in [-0.15, -0.1) is 0 Å². The molecule has 2 rings (SSSR count). The van der Waals surface area contributed by atoms with E-state index in [-0.39, 0.29) is 11.7 Å². The van der Waals surface area contributed by atoms with Crippen molar-refractivity contribution in [2.45, 2.75) is 13.3 Å². The van der Waals surface area contributed by atoms with Crippen LogP contribution in [0.3, 0.4) is 0 Å². The second-order valence-corrected chi connectivity index (χ2v) is 4.31. The first-order valence-electron chi connectivity index (χ1n) is 6.49. The number of ether oxygens (including phenoxy) is 1. The number of halogens is 1. The Morgan fingerprint density at radius 3 is 2.55 bits per heavy atom. The molecule has 0 bridgehead atoms. The lowest BCUT2D eigenvalue weighted by molar-refractivity contribution is 0.102. The first kappa shape index (κ1) is 14.1. The summed E-state index contributed by atoms with van der Waals surface area (Å²) >= 11 is 0. The van der Waals surface area contributed by atoms with Crippen LogP contribution in [0, 0.1) is 5.82 Å². The highest BCUT2D eigenvalue weighted by molar-refractivity contribution is 6.04. The predicted octanol–water partition coefficient (Wildman–Crippen LogP) is 3.87. The van der Waals surface area contributed by atoms with E-state index in [1.165, 1.54) is 24.3 Å². The number of para-hydroxylation sites is 2. The number of hydrogen-bond donors (Lipinski definition) is 1. The number of carbonyl (C=O) groups is 1. The Labute approximate surface area is 117 Å². The van der Waals surface area contributed by atoms with Crippen LogP contribution in [0.4, 0.5) is 10.1 Å². The van der Waals surface area contributed by atoms with E-state index in [1.807, 2.05) is 19.1 Å². The third kappa shape index (κ3) is 3.57. The van der Waals surface area contributed by atoms with Crippen LogP contribution >= 0.6 is 0 Å². The summed E-state index contributed by atoms with van der Waals surface area (Å²) in [5.74, 6) is -0.0319. The van der Waals surface area contributed by atoms with E-state index >= 15 is 0 Å². The van der Waals surface area contributed by atoms with Crippen LogP contribution in [-0.2, 0) is 0 Å². The molecule has 1 N–H and O–H groups in total. The van der Waals surface area contributed by atoms with Gasteiger partial charge in [-0.2, -0.15) is 0 Å². The van der Waals surface area contributed by atoms with Crippen molar-refractivity contribution in [2.75, 3.05) is 11.9 Å². The maximum Gasteiger partial charge on any atom is 0.255 e. The number of amides is 1. The number of anilines is 1. The standard InChI is InChI=1S/C16H16FNO2/c1-2-11-20-15-6-4-3-5-14(15)18-16(19)12-7-9-13(17)10-8-12/h3-10H,2,11H2,1H3,(H,18,19). The van der Waals surface area contributed by atoms with E-state index in [0.717, 1.165) is 6.42 Å². The van der Waals surface area contributed by atoms with Gasteiger partial charge in [0.05, 0.1) is 12.3 Å². The molecule has 0 aliphatic rings. The first-order valence-corrected chi connectivity index (χ1v) is 6.49. The van der Waals surface area contributed by atoms with Crippen LogP contribution in [-0.4, -0.2) is 12.5 Å². The van der Waals surface area contributed by atoms with E-state index in [1.54, 1.807) is 12.1 Å². The highest BCUT2D eigenvalue weighted by atomic mass is 19.1. The van der Waals surface area contributed by atoms with Gasteiger partial charge in [0, 0.05) is 5.56 Å². The van der Waals surface area contributed by atoms with Crippen LogP contribution < -0.4 is 10.1 Å². The normalized spacial score (nSPS) is 10.1. The molecule has 104 valence electrons. The van der Waals surface area contributed by atoms with E-state index in [4.69, 9.17) is 4.74 Å². The van der Waals surface area contributed by atoms with Crippen LogP contribution in [0.1, 0.15) is 23.7 Å². The van der Waals surface area contributed by atoms with Crippen molar-refractivity contribution >= 4 is 11.6 Å². The Balaban J connectivity index is 2.13. The molecule has 1 amide bonds. The number of rotatable bonds is 5. The molecule has 0 aliphatic heterocycles. The van der Waals surface area contributed by atoms with Gasteiger partial charge in [-0.3, -0.25) is 4.79 Å². The average molecular weight is 273 g/mol. The van der Waals surface area contributed by atoms with Crippen LogP contribution in [0.2, 0.25) is 0 Å². The molecule has 0 aliphatic carbocycles. The zero-order valence-corrected chi connectivity index (χ0v) is 11.2. The van der Waals surface area contributed by atoms with Gasteiger partial charge in [0.2, 0.25) is 0 Å². The predicted molar refractivity (Wildman–Crippen MR) is 76.6 cm³/mol. The number of carbonyl (C=O) groups excluding carboxylic acids is 1. The van der Waals surface area contributed by atoms with Gasteiger partial charge < -0.3 is 10.1 Å². The van der Waals surface area contributed by atoms with Crippen LogP contribution in [0.5, 0.6) is 5.75 Å². The van der Waals surface area contributed by atoms with Crippen molar-refractivity contribution in [1.82, 2.24) is 0 Å². The minimum atomic E-state index is -0.367. The summed E-state index contributed by atoms with van der Waals surface area (Å²) in [5, 5.41) is 2.77. The third-order valence-electron chi connectivity index (χ3n) is 2.70. The summed E-state index contributed by atoms with van der Waals surface area (Å²) in [6.45, 7) is 2.60. The Morgan fingerprint density at radius 1 is 1.15 bits per heavy atom. The minimum absolute atomic E-state index is 0.294. The third-order valence-corrected chi connectivity index (χ3v) is 2.70. The van der Waals surface area contributed by atoms with Gasteiger partial charge in [-0.1, -0.05) is 19.1 Å². The fourth-order valence-corrected chi connectivity index (χ4v) is 1.70. The highest BCUT2D eigenvalue weighted by Crippen LogP contribution is 2.24. The van der Waals surface area contributed by atoms with Gasteiger partial charge in [0.15, 0.2) is 0 Å². The van der Waals surface area contributed by atoms with Crippen molar-refractivity contribution in [3.63, 3.8) is 0 Å². The van der Waals surface area contributed by atoms with Gasteiger partial charge in [0.1, 0.15) is 11.6 Å². The molecule has 0 unspecified atom stereocenters. The number of nitrogens with one attached hydrogen (secondary N) is 1.